The summed E-state index contributed by atoms with van der Waals surface area (Å²) in [6, 6.07) is 10.9. The van der Waals surface area contributed by atoms with Gasteiger partial charge < -0.3 is 0 Å². The van der Waals surface area contributed by atoms with Crippen molar-refractivity contribution in [3.63, 3.8) is 0 Å². The van der Waals surface area contributed by atoms with Crippen molar-refractivity contribution in [3.05, 3.63) is 35.9 Å². The molecule has 0 fully saturated rings. The maximum absolute atomic E-state index is 2.31. The van der Waals surface area contributed by atoms with E-state index in [4.69, 9.17) is 0 Å². The highest BCUT2D eigenvalue weighted by molar-refractivity contribution is 8.77. The zero-order valence-electron chi connectivity index (χ0n) is 11.3. The lowest BCUT2D eigenvalue weighted by Crippen LogP contribution is -1.99. The summed E-state index contributed by atoms with van der Waals surface area (Å²) in [4.78, 5) is 0. The Morgan fingerprint density at radius 1 is 1.00 bits per heavy atom. The van der Waals surface area contributed by atoms with Crippen LogP contribution in [0.2, 0.25) is 0 Å². The maximum Gasteiger partial charge on any atom is 0.0403 e. The van der Waals surface area contributed by atoms with E-state index >= 15 is 0 Å². The average molecular weight is 268 g/mol. The minimum atomic E-state index is 0.634. The van der Waals surface area contributed by atoms with Crippen molar-refractivity contribution in [1.82, 2.24) is 0 Å². The van der Waals surface area contributed by atoms with Crippen molar-refractivity contribution in [2.75, 3.05) is 0 Å². The standard InChI is InChI=1S/C15H24S2/c1-5-13(4)16-17-15(11-12(2)3)14-9-7-6-8-10-14/h6-10,12-13,15H,5,11H2,1-4H3. The molecular weight excluding hydrogens is 244 g/mol. The summed E-state index contributed by atoms with van der Waals surface area (Å²) in [5.41, 5.74) is 1.47. The van der Waals surface area contributed by atoms with E-state index in [2.05, 4.69) is 68.8 Å². The molecular formula is C15H24S2. The summed E-state index contributed by atoms with van der Waals surface area (Å²) >= 11 is 0. The zero-order valence-corrected chi connectivity index (χ0v) is 13.0. The molecule has 1 rings (SSSR count). The lowest BCUT2D eigenvalue weighted by molar-refractivity contribution is 0.580. The van der Waals surface area contributed by atoms with E-state index < -0.39 is 0 Å². The first kappa shape index (κ1) is 15.0. The fourth-order valence-electron chi connectivity index (χ4n) is 1.56. The van der Waals surface area contributed by atoms with Crippen LogP contribution in [0.5, 0.6) is 0 Å². The molecule has 0 N–H and O–H groups in total. The maximum atomic E-state index is 2.31. The highest BCUT2D eigenvalue weighted by Crippen LogP contribution is 2.44. The highest BCUT2D eigenvalue weighted by Gasteiger charge is 2.15. The van der Waals surface area contributed by atoms with Gasteiger partial charge >= 0.3 is 0 Å². The molecule has 0 nitrogen and oxygen atoms in total. The highest BCUT2D eigenvalue weighted by atomic mass is 33.1. The third kappa shape index (κ3) is 5.87. The largest absolute Gasteiger partial charge is 0.0904 e. The van der Waals surface area contributed by atoms with Crippen molar-refractivity contribution in [2.45, 2.75) is 51.0 Å². The molecule has 0 aliphatic heterocycles. The van der Waals surface area contributed by atoms with Crippen molar-refractivity contribution >= 4 is 21.6 Å². The van der Waals surface area contributed by atoms with Gasteiger partial charge in [0.2, 0.25) is 0 Å². The van der Waals surface area contributed by atoms with E-state index in [1.807, 2.05) is 10.8 Å². The topological polar surface area (TPSA) is 0 Å². The third-order valence-electron chi connectivity index (χ3n) is 2.77. The summed E-state index contributed by atoms with van der Waals surface area (Å²) in [7, 11) is 4.09. The van der Waals surface area contributed by atoms with Crippen LogP contribution in [0.4, 0.5) is 0 Å². The second kappa shape index (κ2) is 8.10. The van der Waals surface area contributed by atoms with Gasteiger partial charge in [-0.25, -0.2) is 0 Å². The quantitative estimate of drug-likeness (QED) is 0.560. The number of hydrogen-bond acceptors (Lipinski definition) is 2. The second-order valence-corrected chi connectivity index (χ2v) is 7.85. The van der Waals surface area contributed by atoms with Gasteiger partial charge in [0.05, 0.1) is 0 Å². The molecule has 0 aromatic heterocycles. The lowest BCUT2D eigenvalue weighted by atomic mass is 10.0. The summed E-state index contributed by atoms with van der Waals surface area (Å²) in [6.45, 7) is 9.20. The van der Waals surface area contributed by atoms with Crippen molar-refractivity contribution in [2.24, 2.45) is 5.92 Å². The first-order valence-corrected chi connectivity index (χ1v) is 8.78. The van der Waals surface area contributed by atoms with Gasteiger partial charge in [-0.3, -0.25) is 0 Å². The molecule has 0 radical (unpaired) electrons. The van der Waals surface area contributed by atoms with E-state index in [0.717, 1.165) is 11.2 Å². The van der Waals surface area contributed by atoms with E-state index in [0.29, 0.717) is 5.25 Å². The van der Waals surface area contributed by atoms with Gasteiger partial charge in [-0.15, -0.1) is 0 Å². The van der Waals surface area contributed by atoms with E-state index in [1.54, 1.807) is 0 Å². The smallest absolute Gasteiger partial charge is 0.0403 e. The Bertz CT molecular complexity index is 295. The molecule has 0 heterocycles. The molecule has 0 saturated heterocycles. The van der Waals surface area contributed by atoms with Gasteiger partial charge in [0, 0.05) is 10.5 Å². The third-order valence-corrected chi connectivity index (χ3v) is 6.25. The SMILES string of the molecule is CCC(C)SSC(CC(C)C)c1ccccc1. The molecule has 0 spiro atoms. The van der Waals surface area contributed by atoms with Crippen LogP contribution in [0.25, 0.3) is 0 Å². The molecule has 0 amide bonds. The zero-order chi connectivity index (χ0) is 12.7. The molecule has 0 bridgehead atoms. The van der Waals surface area contributed by atoms with Crippen LogP contribution in [-0.4, -0.2) is 5.25 Å². The van der Waals surface area contributed by atoms with Crippen LogP contribution in [-0.2, 0) is 0 Å². The van der Waals surface area contributed by atoms with Gasteiger partial charge in [0.25, 0.3) is 0 Å². The summed E-state index contributed by atoms with van der Waals surface area (Å²) in [5.74, 6) is 0.755. The second-order valence-electron chi connectivity index (χ2n) is 4.94. The van der Waals surface area contributed by atoms with Crippen molar-refractivity contribution in [3.8, 4) is 0 Å². The van der Waals surface area contributed by atoms with Crippen LogP contribution >= 0.6 is 21.6 Å². The molecule has 17 heavy (non-hydrogen) atoms. The monoisotopic (exact) mass is 268 g/mol. The van der Waals surface area contributed by atoms with Gasteiger partial charge in [-0.05, 0) is 24.3 Å². The van der Waals surface area contributed by atoms with Crippen molar-refractivity contribution < 1.29 is 0 Å². The molecule has 0 saturated carbocycles. The minimum Gasteiger partial charge on any atom is -0.0904 e. The normalized spacial score (nSPS) is 14.9. The summed E-state index contributed by atoms with van der Waals surface area (Å²) < 4.78 is 0. The van der Waals surface area contributed by atoms with Crippen LogP contribution in [0.1, 0.15) is 51.3 Å². The van der Waals surface area contributed by atoms with Crippen molar-refractivity contribution in [1.29, 1.82) is 0 Å². The molecule has 2 unspecified atom stereocenters. The van der Waals surface area contributed by atoms with Gasteiger partial charge in [-0.2, -0.15) is 0 Å². The fourth-order valence-corrected chi connectivity index (χ4v) is 4.70. The number of hydrogen-bond donors (Lipinski definition) is 0. The number of rotatable bonds is 7. The first-order valence-electron chi connectivity index (χ1n) is 6.50. The Kier molecular flexibility index (Phi) is 7.14. The molecule has 1 aromatic rings. The molecule has 2 atom stereocenters. The Hall–Kier alpha value is -0.0800. The molecule has 96 valence electrons. The van der Waals surface area contributed by atoms with Gasteiger partial charge in [-0.1, -0.05) is 79.6 Å². The summed E-state index contributed by atoms with van der Waals surface area (Å²) in [5, 5.41) is 1.38. The fraction of sp³-hybridized carbons (Fsp3) is 0.600. The van der Waals surface area contributed by atoms with Crippen LogP contribution in [0.15, 0.2) is 30.3 Å². The number of benzene rings is 1. The molecule has 2 heteroatoms. The van der Waals surface area contributed by atoms with Crippen LogP contribution < -0.4 is 0 Å². The van der Waals surface area contributed by atoms with Gasteiger partial charge in [0.1, 0.15) is 0 Å². The molecule has 1 aromatic carbocycles. The lowest BCUT2D eigenvalue weighted by Gasteiger charge is -2.20. The Morgan fingerprint density at radius 3 is 2.18 bits per heavy atom. The van der Waals surface area contributed by atoms with E-state index in [-0.39, 0.29) is 0 Å². The molecule has 0 aliphatic rings. The predicted octanol–water partition coefficient (Wildman–Crippen LogP) is 5.95. The van der Waals surface area contributed by atoms with Crippen LogP contribution in [0, 0.1) is 5.92 Å². The van der Waals surface area contributed by atoms with Crippen LogP contribution in [0.3, 0.4) is 0 Å². The Labute approximate surface area is 114 Å². The Balaban J connectivity index is 2.61. The predicted molar refractivity (Wildman–Crippen MR) is 83.6 cm³/mol. The average Bonchev–Trinajstić information content (AvgIpc) is 2.34. The van der Waals surface area contributed by atoms with E-state index in [1.165, 1.54) is 18.4 Å². The van der Waals surface area contributed by atoms with E-state index in [9.17, 15) is 0 Å². The van der Waals surface area contributed by atoms with Gasteiger partial charge in [0.15, 0.2) is 0 Å². The Morgan fingerprint density at radius 2 is 1.65 bits per heavy atom. The molecule has 0 aliphatic carbocycles. The first-order chi connectivity index (χ1) is 8.13. The minimum absolute atomic E-state index is 0.634. The summed E-state index contributed by atoms with van der Waals surface area (Å²) in [6.07, 6.45) is 2.51.